The summed E-state index contributed by atoms with van der Waals surface area (Å²) in [5.74, 6) is -1.30. The summed E-state index contributed by atoms with van der Waals surface area (Å²) >= 11 is 4.90. The van der Waals surface area contributed by atoms with E-state index in [1.807, 2.05) is 58.8 Å². The Balaban J connectivity index is 1.10. The topological polar surface area (TPSA) is 128 Å². The first-order valence-electron chi connectivity index (χ1n) is 17.3. The molecular formula is C39H38BrFN6O5S. The SMILES string of the molecule is CCOC(=O)C1=C(CN2CCN3C(=O)N(c4ccc(-c5ccc(C(C)(C)C(=O)O)cc5)cc4)C[C@@H]3C2)NC(c2nccs2)=N[C@H]1c1ccc(F)cc1Br. The number of aliphatic carboxylic acids is 1. The average Bonchev–Trinajstić information content (AvgIpc) is 3.80. The van der Waals surface area contributed by atoms with Crippen LogP contribution in [0.25, 0.3) is 11.1 Å². The van der Waals surface area contributed by atoms with E-state index in [9.17, 15) is 23.9 Å². The number of aromatic nitrogens is 1. The van der Waals surface area contributed by atoms with Gasteiger partial charge in [0.05, 0.1) is 23.6 Å². The summed E-state index contributed by atoms with van der Waals surface area (Å²) in [5, 5.41) is 15.5. The maximum absolute atomic E-state index is 14.2. The van der Waals surface area contributed by atoms with Gasteiger partial charge >= 0.3 is 18.0 Å². The molecule has 53 heavy (non-hydrogen) atoms. The number of carboxylic acids is 1. The van der Waals surface area contributed by atoms with Gasteiger partial charge in [0.25, 0.3) is 0 Å². The molecule has 0 saturated carbocycles. The number of halogens is 2. The molecule has 2 N–H and O–H groups in total. The number of ether oxygens (including phenoxy) is 1. The van der Waals surface area contributed by atoms with Crippen LogP contribution in [0.15, 0.2) is 99.0 Å². The van der Waals surface area contributed by atoms with Crippen LogP contribution in [0.4, 0.5) is 14.9 Å². The minimum Gasteiger partial charge on any atom is -0.481 e. The predicted octanol–water partition coefficient (Wildman–Crippen LogP) is 6.61. The van der Waals surface area contributed by atoms with Crippen LogP contribution < -0.4 is 10.2 Å². The molecule has 3 aliphatic rings. The molecule has 2 fully saturated rings. The Kier molecular flexibility index (Phi) is 10.2. The maximum atomic E-state index is 14.2. The van der Waals surface area contributed by atoms with Gasteiger partial charge in [-0.3, -0.25) is 19.6 Å². The van der Waals surface area contributed by atoms with Crippen molar-refractivity contribution in [2.45, 2.75) is 38.3 Å². The van der Waals surface area contributed by atoms with Gasteiger partial charge in [-0.05, 0) is 67.3 Å². The highest BCUT2D eigenvalue weighted by molar-refractivity contribution is 9.10. The third-order valence-corrected chi connectivity index (χ3v) is 11.5. The highest BCUT2D eigenvalue weighted by atomic mass is 79.9. The van der Waals surface area contributed by atoms with Crippen molar-refractivity contribution in [1.29, 1.82) is 0 Å². The summed E-state index contributed by atoms with van der Waals surface area (Å²) < 4.78 is 20.2. The van der Waals surface area contributed by atoms with Crippen LogP contribution in [0.2, 0.25) is 0 Å². The number of anilines is 1. The summed E-state index contributed by atoms with van der Waals surface area (Å²) in [4.78, 5) is 54.3. The van der Waals surface area contributed by atoms with E-state index < -0.39 is 29.2 Å². The Morgan fingerprint density at radius 2 is 1.77 bits per heavy atom. The Bertz CT molecular complexity index is 2110. The first kappa shape index (κ1) is 36.4. The number of rotatable bonds is 10. The fourth-order valence-electron chi connectivity index (χ4n) is 6.96. The van der Waals surface area contributed by atoms with Crippen LogP contribution in [0, 0.1) is 5.82 Å². The molecule has 0 spiro atoms. The zero-order valence-electron chi connectivity index (χ0n) is 29.4. The van der Waals surface area contributed by atoms with E-state index in [1.54, 1.807) is 37.9 Å². The monoisotopic (exact) mass is 800 g/mol. The lowest BCUT2D eigenvalue weighted by molar-refractivity contribution is -0.142. The number of piperazine rings is 1. The number of carboxylic acid groups (broad SMARTS) is 1. The molecule has 274 valence electrons. The van der Waals surface area contributed by atoms with Gasteiger partial charge < -0.3 is 20.1 Å². The van der Waals surface area contributed by atoms with Gasteiger partial charge in [0, 0.05) is 60.2 Å². The molecule has 7 rings (SSSR count). The lowest BCUT2D eigenvalue weighted by Crippen LogP contribution is -2.53. The van der Waals surface area contributed by atoms with E-state index >= 15 is 0 Å². The number of benzene rings is 3. The molecule has 0 radical (unpaired) electrons. The highest BCUT2D eigenvalue weighted by Gasteiger charge is 2.42. The molecule has 2 saturated heterocycles. The molecule has 1 aromatic heterocycles. The van der Waals surface area contributed by atoms with Crippen molar-refractivity contribution in [2.24, 2.45) is 4.99 Å². The van der Waals surface area contributed by atoms with E-state index in [4.69, 9.17) is 9.73 Å². The summed E-state index contributed by atoms with van der Waals surface area (Å²) in [6, 6.07) is 18.8. The van der Waals surface area contributed by atoms with Crippen LogP contribution in [-0.4, -0.2) is 89.1 Å². The second kappa shape index (κ2) is 14.8. The number of nitrogens with one attached hydrogen (secondary N) is 1. The molecule has 14 heteroatoms. The number of carbonyl (C=O) groups is 3. The lowest BCUT2D eigenvalue weighted by atomic mass is 9.84. The fraction of sp³-hybridized carbons (Fsp3) is 0.308. The molecule has 3 aromatic carbocycles. The van der Waals surface area contributed by atoms with Gasteiger partial charge in [0.2, 0.25) is 0 Å². The summed E-state index contributed by atoms with van der Waals surface area (Å²) in [6.45, 7) is 7.83. The molecule has 0 unspecified atom stereocenters. The number of aliphatic imine (C=N–C) groups is 1. The fourth-order valence-corrected chi connectivity index (χ4v) is 8.11. The number of thiazole rings is 1. The molecular weight excluding hydrogens is 763 g/mol. The molecule has 0 aliphatic carbocycles. The molecule has 4 aromatic rings. The number of esters is 1. The van der Waals surface area contributed by atoms with Crippen LogP contribution in [0.1, 0.15) is 42.9 Å². The first-order chi connectivity index (χ1) is 25.4. The number of hydrogen-bond donors (Lipinski definition) is 2. The van der Waals surface area contributed by atoms with Crippen molar-refractivity contribution in [3.8, 4) is 11.1 Å². The Morgan fingerprint density at radius 1 is 1.06 bits per heavy atom. The maximum Gasteiger partial charge on any atom is 0.338 e. The molecule has 3 aliphatic heterocycles. The molecule has 2 amide bonds. The van der Waals surface area contributed by atoms with Gasteiger partial charge in [0.1, 0.15) is 11.9 Å². The van der Waals surface area contributed by atoms with E-state index in [0.29, 0.717) is 64.9 Å². The van der Waals surface area contributed by atoms with Crippen molar-refractivity contribution in [2.75, 3.05) is 44.2 Å². The van der Waals surface area contributed by atoms with Crippen molar-refractivity contribution < 1.29 is 28.6 Å². The Morgan fingerprint density at radius 3 is 2.42 bits per heavy atom. The van der Waals surface area contributed by atoms with Crippen LogP contribution in [-0.2, 0) is 19.7 Å². The van der Waals surface area contributed by atoms with Crippen molar-refractivity contribution in [3.05, 3.63) is 116 Å². The standard InChI is InChI=1S/C39H38BrFN6O5S/c1-4-52-36(48)32-31(43-34(35-42-15-18-53-35)44-33(32)29-14-11-26(41)19-30(29)40)22-45-16-17-46-28(20-45)21-47(38(46)51)27-12-7-24(8-13-27)23-5-9-25(10-6-23)39(2,3)37(49)50/h5-15,18-19,28,33H,4,16-17,20-22H2,1-3H3,(H,43,44)(H,49,50)/t28-,33-/m0/s1. The molecule has 2 atom stereocenters. The first-order valence-corrected chi connectivity index (χ1v) is 19.0. The molecule has 0 bridgehead atoms. The van der Waals surface area contributed by atoms with Crippen LogP contribution in [0.3, 0.4) is 0 Å². The van der Waals surface area contributed by atoms with Crippen LogP contribution in [0.5, 0.6) is 0 Å². The zero-order chi connectivity index (χ0) is 37.4. The average molecular weight is 802 g/mol. The number of amidine groups is 1. The van der Waals surface area contributed by atoms with Gasteiger partial charge in [-0.2, -0.15) is 0 Å². The third kappa shape index (κ3) is 7.22. The van der Waals surface area contributed by atoms with E-state index in [0.717, 1.165) is 22.4 Å². The summed E-state index contributed by atoms with van der Waals surface area (Å²) in [6.07, 6.45) is 1.69. The predicted molar refractivity (Wildman–Crippen MR) is 205 cm³/mol. The minimum absolute atomic E-state index is 0.0516. The Hall–Kier alpha value is -4.92. The number of urea groups is 1. The van der Waals surface area contributed by atoms with Crippen molar-refractivity contribution in [3.63, 3.8) is 0 Å². The smallest absolute Gasteiger partial charge is 0.338 e. The lowest BCUT2D eigenvalue weighted by Gasteiger charge is -2.38. The molecule has 11 nitrogen and oxygen atoms in total. The number of fused-ring (bicyclic) bond motifs is 1. The minimum atomic E-state index is -0.990. The van der Waals surface area contributed by atoms with Gasteiger partial charge in [-0.1, -0.05) is 58.4 Å². The van der Waals surface area contributed by atoms with Gasteiger partial charge in [0.15, 0.2) is 10.8 Å². The zero-order valence-corrected chi connectivity index (χ0v) is 31.8. The summed E-state index contributed by atoms with van der Waals surface area (Å²) in [7, 11) is 0. The quantitative estimate of drug-likeness (QED) is 0.172. The Labute approximate surface area is 318 Å². The van der Waals surface area contributed by atoms with E-state index in [2.05, 4.69) is 31.1 Å². The van der Waals surface area contributed by atoms with Crippen LogP contribution >= 0.6 is 27.3 Å². The highest BCUT2D eigenvalue weighted by Crippen LogP contribution is 2.38. The number of hydrogen-bond acceptors (Lipinski definition) is 9. The second-order valence-corrected chi connectivity index (χ2v) is 15.4. The van der Waals surface area contributed by atoms with Crippen molar-refractivity contribution in [1.82, 2.24) is 20.1 Å². The summed E-state index contributed by atoms with van der Waals surface area (Å²) in [5.41, 5.74) is 4.02. The van der Waals surface area contributed by atoms with E-state index in [-0.39, 0.29) is 18.7 Å². The number of amides is 2. The number of carbonyl (C=O) groups excluding carboxylic acids is 2. The number of nitrogens with zero attached hydrogens (tertiary/aromatic N) is 5. The van der Waals surface area contributed by atoms with E-state index in [1.165, 1.54) is 23.5 Å². The van der Waals surface area contributed by atoms with Gasteiger partial charge in [-0.25, -0.2) is 19.0 Å². The molecule has 4 heterocycles. The normalized spacial score (nSPS) is 19.2. The largest absolute Gasteiger partial charge is 0.481 e. The second-order valence-electron chi connectivity index (χ2n) is 13.7. The third-order valence-electron chi connectivity index (χ3n) is 9.99. The van der Waals surface area contributed by atoms with Gasteiger partial charge in [-0.15, -0.1) is 11.3 Å². The van der Waals surface area contributed by atoms with Crippen molar-refractivity contribution >= 4 is 56.8 Å².